The normalized spacial score (nSPS) is 16.1. The van der Waals surface area contributed by atoms with Gasteiger partial charge < -0.3 is 0 Å². The summed E-state index contributed by atoms with van der Waals surface area (Å²) < 4.78 is 2.28. The lowest BCUT2D eigenvalue weighted by molar-refractivity contribution is -0.384. The number of hydrogen-bond acceptors (Lipinski definition) is 8. The first-order valence-electron chi connectivity index (χ1n) is 8.89. The van der Waals surface area contributed by atoms with Gasteiger partial charge in [0.05, 0.1) is 16.3 Å². The third-order valence-electron chi connectivity index (χ3n) is 4.38. The number of thiazole rings is 1. The van der Waals surface area contributed by atoms with Gasteiger partial charge in [0.1, 0.15) is 5.69 Å². The average molecular weight is 643 g/mol. The smallest absolute Gasteiger partial charge is 0.269 e. The van der Waals surface area contributed by atoms with E-state index in [1.807, 2.05) is 12.1 Å². The van der Waals surface area contributed by atoms with Crippen LogP contribution in [-0.2, 0) is 4.79 Å². The number of carbonyl (C=O) groups is 1. The summed E-state index contributed by atoms with van der Waals surface area (Å²) in [6.45, 7) is 1.70. The molecule has 3 aromatic rings. The van der Waals surface area contributed by atoms with Crippen molar-refractivity contribution in [2.75, 3.05) is 5.01 Å². The Balaban J connectivity index is 1.57. The number of anilines is 1. The second-order valence-corrected chi connectivity index (χ2v) is 10.0. The fourth-order valence-corrected chi connectivity index (χ4v) is 6.05. The van der Waals surface area contributed by atoms with Crippen molar-refractivity contribution in [3.63, 3.8) is 0 Å². The molecular weight excluding hydrogens is 632 g/mol. The van der Waals surface area contributed by atoms with E-state index in [0.29, 0.717) is 36.7 Å². The number of amides is 1. The molecule has 2 heterocycles. The lowest BCUT2D eigenvalue weighted by Gasteiger charge is -2.08. The monoisotopic (exact) mass is 640 g/mol. The molecule has 0 unspecified atom stereocenters. The number of azo groups is 1. The maximum absolute atomic E-state index is 13.0. The highest BCUT2D eigenvalue weighted by Gasteiger charge is 2.36. The predicted octanol–water partition coefficient (Wildman–Crippen LogP) is 6.88. The molecule has 0 aliphatic carbocycles. The Morgan fingerprint density at radius 3 is 2.59 bits per heavy atom. The lowest BCUT2D eigenvalue weighted by atomic mass is 10.1. The highest BCUT2D eigenvalue weighted by atomic mass is 79.9. The van der Waals surface area contributed by atoms with E-state index in [0.717, 1.165) is 4.47 Å². The molecule has 13 heteroatoms. The van der Waals surface area contributed by atoms with Crippen LogP contribution in [-0.4, -0.2) is 27.6 Å². The minimum atomic E-state index is -0.873. The maximum atomic E-state index is 13.0. The van der Waals surface area contributed by atoms with Gasteiger partial charge in [-0.15, -0.1) is 11.3 Å². The summed E-state index contributed by atoms with van der Waals surface area (Å²) in [7, 11) is 0. The molecule has 0 saturated carbocycles. The molecule has 0 spiro atoms. The summed E-state index contributed by atoms with van der Waals surface area (Å²) in [6.07, 6.45) is 0. The molecule has 9 nitrogen and oxygen atoms in total. The molecule has 0 bridgehead atoms. The summed E-state index contributed by atoms with van der Waals surface area (Å²) in [6, 6.07) is 8.93. The second-order valence-electron chi connectivity index (χ2n) is 6.55. The van der Waals surface area contributed by atoms with E-state index in [4.69, 9.17) is 0 Å². The number of nitrogens with zero attached hydrogens (tertiary/aromatic N) is 6. The van der Waals surface area contributed by atoms with Gasteiger partial charge in [0.25, 0.3) is 11.6 Å². The van der Waals surface area contributed by atoms with E-state index in [1.54, 1.807) is 24.4 Å². The molecule has 1 aliphatic heterocycles. The molecular formula is C19H11Br3N6O3S. The first-order chi connectivity index (χ1) is 15.2. The zero-order valence-electron chi connectivity index (χ0n) is 16.1. The summed E-state index contributed by atoms with van der Waals surface area (Å²) in [4.78, 5) is 28.0. The van der Waals surface area contributed by atoms with Gasteiger partial charge in [-0.25, -0.2) is 4.98 Å². The van der Waals surface area contributed by atoms with Crippen molar-refractivity contribution < 1.29 is 9.72 Å². The zero-order chi connectivity index (χ0) is 23.0. The van der Waals surface area contributed by atoms with Gasteiger partial charge in [0, 0.05) is 36.5 Å². The fraction of sp³-hybridized carbons (Fsp3) is 0.105. The summed E-state index contributed by atoms with van der Waals surface area (Å²) in [5.74, 6) is -0.379. The molecule has 0 fully saturated rings. The van der Waals surface area contributed by atoms with Crippen molar-refractivity contribution in [2.24, 2.45) is 15.3 Å². The number of rotatable bonds is 5. The molecule has 1 atom stereocenters. The Morgan fingerprint density at radius 2 is 1.91 bits per heavy atom. The lowest BCUT2D eigenvalue weighted by Crippen LogP contribution is -2.29. The average Bonchev–Trinajstić information content (AvgIpc) is 3.33. The van der Waals surface area contributed by atoms with E-state index in [1.165, 1.54) is 28.5 Å². The third-order valence-corrected chi connectivity index (χ3v) is 6.86. The Morgan fingerprint density at radius 1 is 1.19 bits per heavy atom. The van der Waals surface area contributed by atoms with Crippen LogP contribution in [0.25, 0.3) is 11.3 Å². The Kier molecular flexibility index (Phi) is 6.60. The molecule has 1 aliphatic rings. The zero-order valence-corrected chi connectivity index (χ0v) is 21.6. The van der Waals surface area contributed by atoms with Gasteiger partial charge in [-0.1, -0.05) is 28.1 Å². The van der Waals surface area contributed by atoms with E-state index < -0.39 is 11.0 Å². The fourth-order valence-electron chi connectivity index (χ4n) is 2.84. The number of benzene rings is 2. The van der Waals surface area contributed by atoms with Crippen molar-refractivity contribution in [1.82, 2.24) is 4.98 Å². The van der Waals surface area contributed by atoms with Crippen LogP contribution in [0.5, 0.6) is 0 Å². The second kappa shape index (κ2) is 9.25. The van der Waals surface area contributed by atoms with E-state index in [-0.39, 0.29) is 11.6 Å². The number of halogens is 3. The number of hydrogen-bond donors (Lipinski definition) is 0. The van der Waals surface area contributed by atoms with Crippen molar-refractivity contribution >= 4 is 87.3 Å². The molecule has 0 N–H and O–H groups in total. The molecule has 0 radical (unpaired) electrons. The maximum Gasteiger partial charge on any atom is 0.282 e. The van der Waals surface area contributed by atoms with E-state index in [9.17, 15) is 14.9 Å². The highest BCUT2D eigenvalue weighted by molar-refractivity contribution is 9.11. The van der Waals surface area contributed by atoms with Crippen LogP contribution in [0.2, 0.25) is 0 Å². The standard InChI is InChI=1S/C19H11Br3N6O3S/c1-9-16(24-25-17-13(21)6-11(20)7-14(17)22)18(29)27(26-9)19-23-15(8-32-19)10-3-2-4-12(5-10)28(30)31/h2-8,16H,1H3/t16-/m1/s1. The van der Waals surface area contributed by atoms with Crippen molar-refractivity contribution in [3.05, 3.63) is 65.3 Å². The summed E-state index contributed by atoms with van der Waals surface area (Å²) in [5, 5.41) is 27.0. The van der Waals surface area contributed by atoms with Crippen LogP contribution in [0.3, 0.4) is 0 Å². The van der Waals surface area contributed by atoms with Gasteiger partial charge in [-0.3, -0.25) is 14.9 Å². The molecule has 0 saturated heterocycles. The predicted molar refractivity (Wildman–Crippen MR) is 133 cm³/mol. The van der Waals surface area contributed by atoms with Crippen molar-refractivity contribution in [1.29, 1.82) is 0 Å². The summed E-state index contributed by atoms with van der Waals surface area (Å²) in [5.41, 5.74) is 2.09. The Bertz CT molecular complexity index is 1290. The number of carbonyl (C=O) groups excluding carboxylic acids is 1. The number of nitro groups is 1. The largest absolute Gasteiger partial charge is 0.282 e. The van der Waals surface area contributed by atoms with Gasteiger partial charge in [-0.2, -0.15) is 20.3 Å². The Hall–Kier alpha value is -2.35. The topological polar surface area (TPSA) is 113 Å². The molecule has 4 rings (SSSR count). The SMILES string of the molecule is CC1=NN(c2nc(-c3cccc([N+](=O)[O-])c3)cs2)C(=O)[C@@H]1N=Nc1c(Br)cc(Br)cc1Br. The van der Waals surface area contributed by atoms with Crippen LogP contribution in [0, 0.1) is 10.1 Å². The van der Waals surface area contributed by atoms with Gasteiger partial charge in [0.2, 0.25) is 5.13 Å². The van der Waals surface area contributed by atoms with Gasteiger partial charge >= 0.3 is 0 Å². The highest BCUT2D eigenvalue weighted by Crippen LogP contribution is 2.37. The van der Waals surface area contributed by atoms with E-state index in [2.05, 4.69) is 68.1 Å². The number of nitro benzene ring substituents is 1. The first-order valence-corrected chi connectivity index (χ1v) is 12.2. The quantitative estimate of drug-likeness (QED) is 0.171. The molecule has 162 valence electrons. The minimum Gasteiger partial charge on any atom is -0.269 e. The number of hydrazone groups is 1. The van der Waals surface area contributed by atoms with Crippen molar-refractivity contribution in [3.8, 4) is 11.3 Å². The van der Waals surface area contributed by atoms with Crippen LogP contribution in [0.15, 0.2) is 70.5 Å². The third kappa shape index (κ3) is 4.56. The first kappa shape index (κ1) is 22.8. The van der Waals surface area contributed by atoms with Gasteiger partial charge in [-0.05, 0) is 50.9 Å². The van der Waals surface area contributed by atoms with E-state index >= 15 is 0 Å². The molecule has 1 aromatic heterocycles. The van der Waals surface area contributed by atoms with Crippen molar-refractivity contribution in [2.45, 2.75) is 13.0 Å². The number of non-ortho nitro benzene ring substituents is 1. The molecule has 32 heavy (non-hydrogen) atoms. The minimum absolute atomic E-state index is 0.0334. The van der Waals surface area contributed by atoms with Crippen LogP contribution >= 0.6 is 59.1 Å². The van der Waals surface area contributed by atoms with Crippen LogP contribution in [0.4, 0.5) is 16.5 Å². The molecule has 1 amide bonds. The van der Waals surface area contributed by atoms with Gasteiger partial charge in [0.15, 0.2) is 6.04 Å². The Labute approximate surface area is 210 Å². The van der Waals surface area contributed by atoms with Crippen LogP contribution < -0.4 is 5.01 Å². The van der Waals surface area contributed by atoms with Crippen LogP contribution in [0.1, 0.15) is 6.92 Å². The summed E-state index contributed by atoms with van der Waals surface area (Å²) >= 11 is 11.5. The molecule has 2 aromatic carbocycles. The number of aromatic nitrogens is 1.